The van der Waals surface area contributed by atoms with Crippen LogP contribution in [0.4, 0.5) is 0 Å². The number of benzene rings is 1. The van der Waals surface area contributed by atoms with E-state index in [9.17, 15) is 19.5 Å². The molecule has 1 saturated heterocycles. The van der Waals surface area contributed by atoms with Crippen LogP contribution in [0.5, 0.6) is 0 Å². The molecule has 0 saturated carbocycles. The molecule has 174 valence electrons. The van der Waals surface area contributed by atoms with Crippen molar-refractivity contribution in [3.8, 4) is 0 Å². The molecule has 8 heteroatoms. The van der Waals surface area contributed by atoms with Crippen LogP contribution >= 0.6 is 0 Å². The molecule has 4 aliphatic rings. The Labute approximate surface area is 192 Å². The minimum Gasteiger partial charge on any atom is -0.457 e. The third-order valence-electron chi connectivity index (χ3n) is 7.78. The Morgan fingerprint density at radius 1 is 1.03 bits per heavy atom. The monoisotopic (exact) mass is 452 g/mol. The largest absolute Gasteiger partial charge is 0.457 e. The van der Waals surface area contributed by atoms with E-state index in [0.29, 0.717) is 49.3 Å². The Hall–Kier alpha value is -2.97. The molecule has 0 radical (unpaired) electrons. The van der Waals surface area contributed by atoms with E-state index in [1.807, 2.05) is 26.1 Å². The zero-order valence-electron chi connectivity index (χ0n) is 19.1. The van der Waals surface area contributed by atoms with Crippen LogP contribution in [0.25, 0.3) is 0 Å². The summed E-state index contributed by atoms with van der Waals surface area (Å²) in [7, 11) is 0. The van der Waals surface area contributed by atoms with Crippen LogP contribution in [-0.4, -0.2) is 59.0 Å². The summed E-state index contributed by atoms with van der Waals surface area (Å²) in [6.45, 7) is 7.79. The van der Waals surface area contributed by atoms with Gasteiger partial charge in [-0.15, -0.1) is 0 Å². The quantitative estimate of drug-likeness (QED) is 0.701. The number of carbonyl (C=O) groups excluding carboxylic acids is 3. The first-order chi connectivity index (χ1) is 15.7. The Bertz CT molecular complexity index is 1130. The third kappa shape index (κ3) is 3.31. The molecule has 8 nitrogen and oxygen atoms in total. The Morgan fingerprint density at radius 3 is 2.39 bits per heavy atom. The average Bonchev–Trinajstić information content (AvgIpc) is 3.41. The molecule has 0 bridgehead atoms. The number of aliphatic hydroxyl groups is 1. The van der Waals surface area contributed by atoms with Crippen LogP contribution in [0.3, 0.4) is 0 Å². The Kier molecular flexibility index (Phi) is 5.17. The smallest absolute Gasteiger partial charge is 0.338 e. The molecule has 33 heavy (non-hydrogen) atoms. The molecular weight excluding hydrogens is 424 g/mol. The fourth-order valence-electron chi connectivity index (χ4n) is 5.49. The van der Waals surface area contributed by atoms with Crippen molar-refractivity contribution in [2.24, 2.45) is 5.41 Å². The van der Waals surface area contributed by atoms with Crippen molar-refractivity contribution in [1.29, 1.82) is 0 Å². The molecule has 1 atom stereocenters. The van der Waals surface area contributed by atoms with Gasteiger partial charge in [-0.2, -0.15) is 0 Å². The zero-order chi connectivity index (χ0) is 23.5. The lowest BCUT2D eigenvalue weighted by molar-refractivity contribution is -0.138. The van der Waals surface area contributed by atoms with Crippen LogP contribution in [-0.2, 0) is 25.7 Å². The van der Waals surface area contributed by atoms with Gasteiger partial charge in [-0.25, -0.2) is 9.59 Å². The van der Waals surface area contributed by atoms with Crippen molar-refractivity contribution < 1.29 is 29.0 Å². The molecule has 5 rings (SSSR count). The van der Waals surface area contributed by atoms with E-state index in [0.717, 1.165) is 22.3 Å². The third-order valence-corrected chi connectivity index (χ3v) is 7.78. The molecule has 1 unspecified atom stereocenters. The van der Waals surface area contributed by atoms with Crippen molar-refractivity contribution in [2.45, 2.75) is 46.3 Å². The number of nitrogens with zero attached hydrogens (tertiary/aromatic N) is 2. The summed E-state index contributed by atoms with van der Waals surface area (Å²) in [4.78, 5) is 40.8. The van der Waals surface area contributed by atoms with E-state index in [2.05, 4.69) is 4.90 Å². The number of likely N-dealkylation sites (tertiary alicyclic amines) is 1. The molecule has 1 aromatic rings. The van der Waals surface area contributed by atoms with Gasteiger partial charge in [0.1, 0.15) is 13.2 Å². The first-order valence-corrected chi connectivity index (χ1v) is 11.3. The molecule has 1 amide bonds. The second kappa shape index (κ2) is 7.81. The van der Waals surface area contributed by atoms with E-state index in [4.69, 9.17) is 9.47 Å². The lowest BCUT2D eigenvalue weighted by atomic mass is 9.74. The SMILES string of the molecule is CC1=CN(C2=C(C)C(=O)OC2)C(=O)C12CCN(CC(O)c1ccc3c(c1C)COC3=O)CC2. The van der Waals surface area contributed by atoms with Crippen molar-refractivity contribution in [2.75, 3.05) is 26.2 Å². The highest BCUT2D eigenvalue weighted by atomic mass is 16.5. The topological polar surface area (TPSA) is 96.4 Å². The fourth-order valence-corrected chi connectivity index (χ4v) is 5.49. The van der Waals surface area contributed by atoms with Crippen molar-refractivity contribution in [3.63, 3.8) is 0 Å². The van der Waals surface area contributed by atoms with E-state index in [1.54, 1.807) is 17.9 Å². The number of fused-ring (bicyclic) bond motifs is 1. The summed E-state index contributed by atoms with van der Waals surface area (Å²) in [6, 6.07) is 3.54. The number of aliphatic hydroxyl groups excluding tert-OH is 1. The van der Waals surface area contributed by atoms with Gasteiger partial charge in [0, 0.05) is 18.3 Å². The number of carbonyl (C=O) groups is 3. The molecule has 1 aromatic carbocycles. The second-order valence-electron chi connectivity index (χ2n) is 9.42. The summed E-state index contributed by atoms with van der Waals surface area (Å²) in [6.07, 6.45) is 2.47. The fraction of sp³-hybridized carbons (Fsp3) is 0.480. The van der Waals surface area contributed by atoms with E-state index in [-0.39, 0.29) is 31.1 Å². The molecule has 1 N–H and O–H groups in total. The van der Waals surface area contributed by atoms with Gasteiger partial charge in [0.2, 0.25) is 5.91 Å². The highest BCUT2D eigenvalue weighted by Gasteiger charge is 2.50. The summed E-state index contributed by atoms with van der Waals surface area (Å²) >= 11 is 0. The van der Waals surface area contributed by atoms with E-state index >= 15 is 0 Å². The summed E-state index contributed by atoms with van der Waals surface area (Å²) in [5, 5.41) is 10.9. The van der Waals surface area contributed by atoms with Gasteiger partial charge in [-0.05, 0) is 69.5 Å². The van der Waals surface area contributed by atoms with Gasteiger partial charge in [0.15, 0.2) is 0 Å². The lowest BCUT2D eigenvalue weighted by Crippen LogP contribution is -2.47. The van der Waals surface area contributed by atoms with Crippen molar-refractivity contribution in [3.05, 3.63) is 57.4 Å². The molecule has 0 aromatic heterocycles. The number of esters is 2. The predicted octanol–water partition coefficient (Wildman–Crippen LogP) is 2.36. The summed E-state index contributed by atoms with van der Waals surface area (Å²) in [5.74, 6) is -0.674. The predicted molar refractivity (Wildman–Crippen MR) is 118 cm³/mol. The molecule has 1 spiro atoms. The number of piperidine rings is 1. The van der Waals surface area contributed by atoms with Gasteiger partial charge in [0.25, 0.3) is 0 Å². The maximum absolute atomic E-state index is 13.4. The number of hydrogen-bond donors (Lipinski definition) is 1. The summed E-state index contributed by atoms with van der Waals surface area (Å²) in [5.41, 5.74) is 4.69. The first kappa shape index (κ1) is 21.9. The molecule has 0 aliphatic carbocycles. The van der Waals surface area contributed by atoms with Gasteiger partial charge < -0.3 is 19.5 Å². The standard InChI is InChI=1S/C25H28N2O6/c1-14-10-27(20-13-33-22(29)16(20)3)24(31)25(14)6-8-26(9-7-25)11-21(28)17-4-5-18-19(15(17)2)12-32-23(18)30/h4-5,10,21,28H,6-9,11-13H2,1-3H3. The van der Waals surface area contributed by atoms with Crippen LogP contribution in [0, 0.1) is 12.3 Å². The van der Waals surface area contributed by atoms with Crippen LogP contribution in [0.15, 0.2) is 35.2 Å². The number of rotatable bonds is 4. The molecule has 4 aliphatic heterocycles. The zero-order valence-corrected chi connectivity index (χ0v) is 19.1. The number of ether oxygens (including phenoxy) is 2. The highest BCUT2D eigenvalue weighted by Crippen LogP contribution is 2.46. The maximum atomic E-state index is 13.4. The lowest BCUT2D eigenvalue weighted by Gasteiger charge is -2.40. The van der Waals surface area contributed by atoms with Gasteiger partial charge in [-0.3, -0.25) is 9.69 Å². The highest BCUT2D eigenvalue weighted by molar-refractivity contribution is 5.96. The van der Waals surface area contributed by atoms with E-state index in [1.165, 1.54) is 0 Å². The first-order valence-electron chi connectivity index (χ1n) is 11.3. The normalized spacial score (nSPS) is 23.2. The number of hydrogen-bond acceptors (Lipinski definition) is 7. The number of cyclic esters (lactones) is 2. The van der Waals surface area contributed by atoms with Gasteiger partial charge in [0.05, 0.1) is 28.4 Å². The van der Waals surface area contributed by atoms with Gasteiger partial charge >= 0.3 is 11.9 Å². The maximum Gasteiger partial charge on any atom is 0.338 e. The minimum atomic E-state index is -0.693. The number of β-amino-alcohol motifs (C(OH)–C–C–N with tert-alkyl or cyclic N) is 1. The Balaban J connectivity index is 1.26. The average molecular weight is 453 g/mol. The van der Waals surface area contributed by atoms with Crippen LogP contribution in [0.2, 0.25) is 0 Å². The van der Waals surface area contributed by atoms with Gasteiger partial charge in [-0.1, -0.05) is 6.07 Å². The summed E-state index contributed by atoms with van der Waals surface area (Å²) < 4.78 is 10.2. The van der Waals surface area contributed by atoms with Crippen LogP contribution in [0.1, 0.15) is 59.8 Å². The van der Waals surface area contributed by atoms with Crippen molar-refractivity contribution >= 4 is 17.8 Å². The molecule has 1 fully saturated rings. The molecular formula is C25H28N2O6. The van der Waals surface area contributed by atoms with Crippen molar-refractivity contribution in [1.82, 2.24) is 9.80 Å². The Morgan fingerprint density at radius 2 is 1.73 bits per heavy atom. The van der Waals surface area contributed by atoms with E-state index < -0.39 is 11.5 Å². The second-order valence-corrected chi connectivity index (χ2v) is 9.42. The minimum absolute atomic E-state index is 0.00647. The molecule has 4 heterocycles. The number of amides is 1. The van der Waals surface area contributed by atoms with Crippen LogP contribution < -0.4 is 0 Å².